The molecule has 2 bridgehead atoms. The number of benzene rings is 2. The lowest BCUT2D eigenvalue weighted by Gasteiger charge is -2.41. The first-order valence-electron chi connectivity index (χ1n) is 9.90. The zero-order valence-corrected chi connectivity index (χ0v) is 16.0. The largest absolute Gasteiger partial charge is 0.481 e. The Morgan fingerprint density at radius 2 is 1.70 bits per heavy atom. The van der Waals surface area contributed by atoms with Crippen molar-refractivity contribution in [1.29, 1.82) is 0 Å². The Balaban J connectivity index is 1.39. The van der Waals surface area contributed by atoms with Gasteiger partial charge in [0.05, 0.1) is 6.42 Å². The standard InChI is InChI=1S/C23H28N2O2/c1-17-11-19(12-23(26)27)7-8-20(17)14-24-15-21-9-10-22(16-24)25(21)13-18-5-3-2-4-6-18/h2-8,11,21-22H,9-10,12-16H2,1H3,(H,26,27). The van der Waals surface area contributed by atoms with Crippen LogP contribution in [0.4, 0.5) is 0 Å². The second-order valence-corrected chi connectivity index (χ2v) is 8.07. The molecule has 0 aromatic heterocycles. The number of hydrogen-bond acceptors (Lipinski definition) is 3. The quantitative estimate of drug-likeness (QED) is 0.852. The third kappa shape index (κ3) is 4.23. The molecule has 2 aromatic carbocycles. The second kappa shape index (κ2) is 7.83. The summed E-state index contributed by atoms with van der Waals surface area (Å²) in [6.07, 6.45) is 2.69. The number of carboxylic acid groups (broad SMARTS) is 1. The van der Waals surface area contributed by atoms with Crippen molar-refractivity contribution >= 4 is 5.97 Å². The molecule has 0 spiro atoms. The number of fused-ring (bicyclic) bond motifs is 2. The molecule has 2 unspecified atom stereocenters. The van der Waals surface area contributed by atoms with E-state index in [4.69, 9.17) is 5.11 Å². The van der Waals surface area contributed by atoms with Crippen molar-refractivity contribution in [2.75, 3.05) is 13.1 Å². The van der Waals surface area contributed by atoms with Crippen molar-refractivity contribution in [3.05, 3.63) is 70.8 Å². The third-order valence-corrected chi connectivity index (χ3v) is 6.07. The molecule has 2 saturated heterocycles. The minimum atomic E-state index is -0.770. The molecule has 0 radical (unpaired) electrons. The fourth-order valence-corrected chi connectivity index (χ4v) is 4.72. The van der Waals surface area contributed by atoms with Crippen LogP contribution in [0.1, 0.15) is 35.1 Å². The van der Waals surface area contributed by atoms with Gasteiger partial charge in [-0.25, -0.2) is 0 Å². The topological polar surface area (TPSA) is 43.8 Å². The molecular weight excluding hydrogens is 336 g/mol. The summed E-state index contributed by atoms with van der Waals surface area (Å²) in [4.78, 5) is 16.2. The normalized spacial score (nSPS) is 22.9. The highest BCUT2D eigenvalue weighted by Crippen LogP contribution is 2.32. The highest BCUT2D eigenvalue weighted by Gasteiger charge is 2.39. The molecule has 1 N–H and O–H groups in total. The first kappa shape index (κ1) is 18.2. The number of nitrogens with zero attached hydrogens (tertiary/aromatic N) is 2. The maximum Gasteiger partial charge on any atom is 0.307 e. The van der Waals surface area contributed by atoms with Gasteiger partial charge < -0.3 is 5.11 Å². The Labute approximate surface area is 161 Å². The third-order valence-electron chi connectivity index (χ3n) is 6.07. The van der Waals surface area contributed by atoms with E-state index >= 15 is 0 Å². The first-order chi connectivity index (χ1) is 13.1. The SMILES string of the molecule is Cc1cc(CC(=O)O)ccc1CN1CC2CCC(C1)N2Cc1ccccc1. The molecule has 4 rings (SSSR count). The number of piperazine rings is 1. The van der Waals surface area contributed by atoms with E-state index in [0.29, 0.717) is 12.1 Å². The number of rotatable bonds is 6. The monoisotopic (exact) mass is 364 g/mol. The van der Waals surface area contributed by atoms with E-state index in [0.717, 1.165) is 31.7 Å². The van der Waals surface area contributed by atoms with Crippen molar-refractivity contribution in [3.63, 3.8) is 0 Å². The van der Waals surface area contributed by atoms with Crippen molar-refractivity contribution < 1.29 is 9.90 Å². The smallest absolute Gasteiger partial charge is 0.307 e. The second-order valence-electron chi connectivity index (χ2n) is 8.07. The van der Waals surface area contributed by atoms with E-state index in [2.05, 4.69) is 53.1 Å². The zero-order valence-electron chi connectivity index (χ0n) is 16.0. The van der Waals surface area contributed by atoms with E-state index in [1.165, 1.54) is 29.5 Å². The Morgan fingerprint density at radius 1 is 1.00 bits per heavy atom. The fourth-order valence-electron chi connectivity index (χ4n) is 4.72. The zero-order chi connectivity index (χ0) is 18.8. The van der Waals surface area contributed by atoms with E-state index in [1.807, 2.05) is 12.1 Å². The van der Waals surface area contributed by atoms with Crippen LogP contribution < -0.4 is 0 Å². The summed E-state index contributed by atoms with van der Waals surface area (Å²) in [6.45, 7) is 6.37. The molecule has 4 heteroatoms. The molecule has 27 heavy (non-hydrogen) atoms. The Bertz CT molecular complexity index is 791. The van der Waals surface area contributed by atoms with Gasteiger partial charge in [0.15, 0.2) is 0 Å². The molecule has 0 aliphatic carbocycles. The summed E-state index contributed by atoms with van der Waals surface area (Å²) in [5.41, 5.74) is 4.82. The van der Waals surface area contributed by atoms with E-state index < -0.39 is 5.97 Å². The summed E-state index contributed by atoms with van der Waals surface area (Å²) in [7, 11) is 0. The number of hydrogen-bond donors (Lipinski definition) is 1. The summed E-state index contributed by atoms with van der Waals surface area (Å²) < 4.78 is 0. The van der Waals surface area contributed by atoms with Crippen LogP contribution in [0.5, 0.6) is 0 Å². The lowest BCUT2D eigenvalue weighted by molar-refractivity contribution is -0.136. The van der Waals surface area contributed by atoms with E-state index in [1.54, 1.807) is 0 Å². The van der Waals surface area contributed by atoms with Gasteiger partial charge in [-0.3, -0.25) is 14.6 Å². The van der Waals surface area contributed by atoms with Crippen molar-refractivity contribution in [2.45, 2.75) is 51.4 Å². The maximum atomic E-state index is 10.9. The molecule has 4 nitrogen and oxygen atoms in total. The molecule has 2 aromatic rings. The van der Waals surface area contributed by atoms with E-state index in [-0.39, 0.29) is 6.42 Å². The van der Waals surface area contributed by atoms with Gasteiger partial charge in [0.1, 0.15) is 0 Å². The number of aliphatic carboxylic acids is 1. The van der Waals surface area contributed by atoms with Gasteiger partial charge in [0.2, 0.25) is 0 Å². The molecule has 2 heterocycles. The Hall–Kier alpha value is -2.17. The first-order valence-corrected chi connectivity index (χ1v) is 9.90. The van der Waals surface area contributed by atoms with Crippen LogP contribution in [0.25, 0.3) is 0 Å². The van der Waals surface area contributed by atoms with Gasteiger partial charge in [-0.1, -0.05) is 48.5 Å². The molecular formula is C23H28N2O2. The number of aryl methyl sites for hydroxylation is 1. The van der Waals surface area contributed by atoms with Crippen molar-refractivity contribution in [2.24, 2.45) is 0 Å². The Morgan fingerprint density at radius 3 is 2.33 bits per heavy atom. The number of likely N-dealkylation sites (tertiary alicyclic amines) is 1. The van der Waals surface area contributed by atoms with Crippen LogP contribution in [-0.2, 0) is 24.3 Å². The van der Waals surface area contributed by atoms with E-state index in [9.17, 15) is 4.79 Å². The van der Waals surface area contributed by atoms with Gasteiger partial charge in [0, 0.05) is 38.3 Å². The van der Waals surface area contributed by atoms with Crippen LogP contribution in [-0.4, -0.2) is 46.0 Å². The molecule has 142 valence electrons. The fraction of sp³-hybridized carbons (Fsp3) is 0.435. The van der Waals surface area contributed by atoms with Crippen molar-refractivity contribution in [3.8, 4) is 0 Å². The minimum absolute atomic E-state index is 0.101. The van der Waals surface area contributed by atoms with Crippen LogP contribution >= 0.6 is 0 Å². The summed E-state index contributed by atoms with van der Waals surface area (Å²) in [5.74, 6) is -0.770. The molecule has 2 aliphatic heterocycles. The maximum absolute atomic E-state index is 10.9. The molecule has 2 aliphatic rings. The van der Waals surface area contributed by atoms with Crippen LogP contribution in [0.15, 0.2) is 48.5 Å². The van der Waals surface area contributed by atoms with Gasteiger partial charge in [0.25, 0.3) is 0 Å². The summed E-state index contributed by atoms with van der Waals surface area (Å²) in [5, 5.41) is 8.97. The Kier molecular flexibility index (Phi) is 5.28. The number of carboxylic acids is 1. The van der Waals surface area contributed by atoms with Crippen LogP contribution in [0.2, 0.25) is 0 Å². The molecule has 2 atom stereocenters. The number of carbonyl (C=O) groups is 1. The minimum Gasteiger partial charge on any atom is -0.481 e. The molecule has 0 amide bonds. The lowest BCUT2D eigenvalue weighted by Crippen LogP contribution is -2.52. The van der Waals surface area contributed by atoms with Crippen LogP contribution in [0, 0.1) is 6.92 Å². The summed E-state index contributed by atoms with van der Waals surface area (Å²) in [6, 6.07) is 18.2. The van der Waals surface area contributed by atoms with Crippen LogP contribution in [0.3, 0.4) is 0 Å². The summed E-state index contributed by atoms with van der Waals surface area (Å²) >= 11 is 0. The highest BCUT2D eigenvalue weighted by atomic mass is 16.4. The average molecular weight is 364 g/mol. The highest BCUT2D eigenvalue weighted by molar-refractivity contribution is 5.70. The molecule has 2 fully saturated rings. The molecule has 0 saturated carbocycles. The average Bonchev–Trinajstić information content (AvgIpc) is 2.87. The predicted molar refractivity (Wildman–Crippen MR) is 107 cm³/mol. The predicted octanol–water partition coefficient (Wildman–Crippen LogP) is 3.47. The van der Waals surface area contributed by atoms with Gasteiger partial charge in [-0.05, 0) is 42.0 Å². The van der Waals surface area contributed by atoms with Gasteiger partial charge in [-0.15, -0.1) is 0 Å². The van der Waals surface area contributed by atoms with Gasteiger partial charge in [-0.2, -0.15) is 0 Å². The lowest BCUT2D eigenvalue weighted by atomic mass is 10.0. The van der Waals surface area contributed by atoms with Gasteiger partial charge >= 0.3 is 5.97 Å². The van der Waals surface area contributed by atoms with Crippen molar-refractivity contribution in [1.82, 2.24) is 9.80 Å².